The molecule has 0 spiro atoms. The van der Waals surface area contributed by atoms with Gasteiger partial charge in [0.1, 0.15) is 6.61 Å². The van der Waals surface area contributed by atoms with Gasteiger partial charge in [0.2, 0.25) is 0 Å². The molecule has 0 saturated carbocycles. The van der Waals surface area contributed by atoms with E-state index in [0.717, 1.165) is 44.9 Å². The summed E-state index contributed by atoms with van der Waals surface area (Å²) in [6.07, 6.45) is 30.6. The Morgan fingerprint density at radius 1 is 0.619 bits per heavy atom. The molecule has 9 heteroatoms. The summed E-state index contributed by atoms with van der Waals surface area (Å²) in [6.45, 7) is 3.59. The number of esters is 2. The molecule has 0 radical (unpaired) electrons. The molecule has 246 valence electrons. The molecule has 1 atom stereocenters. The topological polar surface area (TPSA) is 119 Å². The number of allylic oxidation sites excluding steroid dienone is 4. The summed E-state index contributed by atoms with van der Waals surface area (Å²) in [6, 6.07) is 0. The van der Waals surface area contributed by atoms with E-state index in [2.05, 4.69) is 42.7 Å². The molecule has 0 aliphatic rings. The molecule has 0 amide bonds. The first-order valence-corrected chi connectivity index (χ1v) is 18.2. The molecule has 0 heterocycles. The smallest absolute Gasteiger partial charge is 0.462 e. The van der Waals surface area contributed by atoms with Crippen molar-refractivity contribution >= 4 is 19.8 Å². The Kier molecular flexibility index (Phi) is 28.6. The zero-order valence-electron chi connectivity index (χ0n) is 26.6. The fraction of sp³-hybridized carbons (Fsp3) is 0.818. The van der Waals surface area contributed by atoms with Crippen LogP contribution in [0.2, 0.25) is 0 Å². The summed E-state index contributed by atoms with van der Waals surface area (Å²) < 4.78 is 26.1. The molecule has 0 aliphatic carbocycles. The molecule has 8 nitrogen and oxygen atoms in total. The van der Waals surface area contributed by atoms with Crippen molar-refractivity contribution in [2.45, 2.75) is 161 Å². The quantitative estimate of drug-likeness (QED) is 0.0355. The maximum absolute atomic E-state index is 12.2. The van der Waals surface area contributed by atoms with Crippen molar-refractivity contribution in [3.63, 3.8) is 0 Å². The number of unbranched alkanes of at least 4 members (excludes halogenated alkanes) is 16. The molecule has 0 aromatic carbocycles. The minimum atomic E-state index is -4.74. The average molecular weight is 617 g/mol. The van der Waals surface area contributed by atoms with Gasteiger partial charge < -0.3 is 19.3 Å². The molecule has 0 aromatic rings. The third kappa shape index (κ3) is 31.5. The minimum absolute atomic E-state index is 0.207. The summed E-state index contributed by atoms with van der Waals surface area (Å²) in [5.41, 5.74) is 0. The second-order valence-electron chi connectivity index (χ2n) is 11.1. The maximum atomic E-state index is 12.2. The third-order valence-corrected chi connectivity index (χ3v) is 7.46. The Hall–Kier alpha value is -1.47. The van der Waals surface area contributed by atoms with Crippen LogP contribution in [0.15, 0.2) is 24.3 Å². The van der Waals surface area contributed by atoms with Gasteiger partial charge in [0.25, 0.3) is 0 Å². The highest BCUT2D eigenvalue weighted by atomic mass is 31.2. The predicted octanol–water partition coefficient (Wildman–Crippen LogP) is 9.29. The highest BCUT2D eigenvalue weighted by molar-refractivity contribution is 7.46. The third-order valence-electron chi connectivity index (χ3n) is 6.97. The fourth-order valence-electron chi connectivity index (χ4n) is 4.46. The van der Waals surface area contributed by atoms with Crippen molar-refractivity contribution in [2.24, 2.45) is 0 Å². The van der Waals surface area contributed by atoms with Gasteiger partial charge in [0.05, 0.1) is 6.61 Å². The normalized spacial score (nSPS) is 12.8. The maximum Gasteiger partial charge on any atom is 0.469 e. The molecular weight excluding hydrogens is 555 g/mol. The van der Waals surface area contributed by atoms with E-state index < -0.39 is 32.5 Å². The lowest BCUT2D eigenvalue weighted by Crippen LogP contribution is -2.29. The van der Waals surface area contributed by atoms with Crippen LogP contribution in [0.3, 0.4) is 0 Å². The number of phosphoric acid groups is 1. The largest absolute Gasteiger partial charge is 0.469 e. The molecule has 2 N–H and O–H groups in total. The van der Waals surface area contributed by atoms with Gasteiger partial charge in [-0.25, -0.2) is 4.57 Å². The van der Waals surface area contributed by atoms with Crippen LogP contribution in [0.5, 0.6) is 0 Å². The first kappa shape index (κ1) is 40.5. The van der Waals surface area contributed by atoms with Crippen LogP contribution in [0.25, 0.3) is 0 Å². The van der Waals surface area contributed by atoms with E-state index in [-0.39, 0.29) is 19.4 Å². The van der Waals surface area contributed by atoms with Crippen LogP contribution in [0.1, 0.15) is 155 Å². The zero-order chi connectivity index (χ0) is 31.2. The van der Waals surface area contributed by atoms with E-state index in [4.69, 9.17) is 19.3 Å². The monoisotopic (exact) mass is 616 g/mol. The average Bonchev–Trinajstić information content (AvgIpc) is 2.95. The van der Waals surface area contributed by atoms with Gasteiger partial charge in [-0.05, 0) is 44.9 Å². The summed E-state index contributed by atoms with van der Waals surface area (Å²) >= 11 is 0. The fourth-order valence-corrected chi connectivity index (χ4v) is 4.82. The molecule has 0 rings (SSSR count). The molecule has 0 saturated heterocycles. The van der Waals surface area contributed by atoms with E-state index >= 15 is 0 Å². The Bertz CT molecular complexity index is 746. The first-order valence-electron chi connectivity index (χ1n) is 16.6. The molecule has 0 fully saturated rings. The Morgan fingerprint density at radius 2 is 1.07 bits per heavy atom. The van der Waals surface area contributed by atoms with Gasteiger partial charge in [-0.2, -0.15) is 0 Å². The number of carbonyl (C=O) groups excluding carboxylic acids is 2. The summed E-state index contributed by atoms with van der Waals surface area (Å²) in [5, 5.41) is 0. The van der Waals surface area contributed by atoms with Crippen LogP contribution in [0.4, 0.5) is 0 Å². The molecule has 42 heavy (non-hydrogen) atoms. The van der Waals surface area contributed by atoms with Crippen molar-refractivity contribution in [1.29, 1.82) is 0 Å². The molecule has 0 unspecified atom stereocenters. The Labute approximate surface area is 256 Å². The van der Waals surface area contributed by atoms with E-state index in [9.17, 15) is 14.2 Å². The standard InChI is InChI=1S/C33H61O8P/c1-3-5-7-9-11-13-14-15-16-17-18-20-21-23-25-27-32(34)39-29-31(30-40-42(36,37)38)41-33(35)28-26-24-22-19-12-10-8-6-4-2/h15-16,18,20,31H,3-14,17,19,21-30H2,1-2H3,(H2,36,37,38)/b16-15+,20-18+/t31-/m1/s1. The van der Waals surface area contributed by atoms with Gasteiger partial charge >= 0.3 is 19.8 Å². The van der Waals surface area contributed by atoms with Crippen molar-refractivity contribution < 1.29 is 37.9 Å². The van der Waals surface area contributed by atoms with Crippen molar-refractivity contribution in [3.05, 3.63) is 24.3 Å². The molecule has 0 bridgehead atoms. The van der Waals surface area contributed by atoms with E-state index in [1.54, 1.807) is 0 Å². The highest BCUT2D eigenvalue weighted by Crippen LogP contribution is 2.35. The lowest BCUT2D eigenvalue weighted by Gasteiger charge is -2.18. The highest BCUT2D eigenvalue weighted by Gasteiger charge is 2.22. The van der Waals surface area contributed by atoms with E-state index in [1.165, 1.54) is 70.6 Å². The van der Waals surface area contributed by atoms with Crippen LogP contribution in [0, 0.1) is 0 Å². The minimum Gasteiger partial charge on any atom is -0.462 e. The second kappa shape index (κ2) is 29.6. The van der Waals surface area contributed by atoms with Crippen LogP contribution < -0.4 is 0 Å². The molecular formula is C33H61O8P. The van der Waals surface area contributed by atoms with Gasteiger partial charge in [-0.3, -0.25) is 14.1 Å². The number of carbonyl (C=O) groups is 2. The lowest BCUT2D eigenvalue weighted by atomic mass is 10.1. The van der Waals surface area contributed by atoms with Crippen molar-refractivity contribution in [1.82, 2.24) is 0 Å². The van der Waals surface area contributed by atoms with Crippen molar-refractivity contribution in [2.75, 3.05) is 13.2 Å². The number of phosphoric ester groups is 1. The predicted molar refractivity (Wildman–Crippen MR) is 170 cm³/mol. The Morgan fingerprint density at radius 3 is 1.62 bits per heavy atom. The SMILES string of the molecule is CCCCCCCC/C=C/C/C=C/CCCCC(=O)OC[C@H](COP(=O)(O)O)OC(=O)CCCCCCCCCCC. The molecule has 0 aliphatic heterocycles. The van der Waals surface area contributed by atoms with Gasteiger partial charge in [0.15, 0.2) is 6.10 Å². The van der Waals surface area contributed by atoms with Gasteiger partial charge in [0, 0.05) is 12.8 Å². The zero-order valence-corrected chi connectivity index (χ0v) is 27.5. The summed E-state index contributed by atoms with van der Waals surface area (Å²) in [7, 11) is -4.74. The first-order chi connectivity index (χ1) is 20.3. The Balaban J connectivity index is 4.06. The number of hydrogen-bond donors (Lipinski definition) is 2. The van der Waals surface area contributed by atoms with Crippen LogP contribution >= 0.6 is 7.82 Å². The second-order valence-corrected chi connectivity index (χ2v) is 12.4. The van der Waals surface area contributed by atoms with Gasteiger partial charge in [-0.1, -0.05) is 122 Å². The van der Waals surface area contributed by atoms with Crippen molar-refractivity contribution in [3.8, 4) is 0 Å². The van der Waals surface area contributed by atoms with Crippen LogP contribution in [-0.4, -0.2) is 41.0 Å². The van der Waals surface area contributed by atoms with E-state index in [0.29, 0.717) is 12.8 Å². The molecule has 0 aromatic heterocycles. The lowest BCUT2D eigenvalue weighted by molar-refractivity contribution is -0.161. The van der Waals surface area contributed by atoms with Crippen LogP contribution in [-0.2, 0) is 28.2 Å². The number of rotatable bonds is 30. The summed E-state index contributed by atoms with van der Waals surface area (Å²) in [4.78, 5) is 42.4. The number of hydrogen-bond acceptors (Lipinski definition) is 6. The van der Waals surface area contributed by atoms with Gasteiger partial charge in [-0.15, -0.1) is 0 Å². The number of ether oxygens (including phenoxy) is 2. The summed E-state index contributed by atoms with van der Waals surface area (Å²) in [5.74, 6) is -0.926. The van der Waals surface area contributed by atoms with E-state index in [1.807, 2.05) is 0 Å².